The van der Waals surface area contributed by atoms with E-state index in [1.807, 2.05) is 0 Å². The Labute approximate surface area is 121 Å². The number of hydrogen-bond acceptors (Lipinski definition) is 4. The van der Waals surface area contributed by atoms with Gasteiger partial charge in [0.15, 0.2) is 0 Å². The van der Waals surface area contributed by atoms with Crippen molar-refractivity contribution in [2.75, 3.05) is 7.11 Å². The predicted molar refractivity (Wildman–Crippen MR) is 60.0 cm³/mol. The zero-order chi connectivity index (χ0) is 15.7. The maximum absolute atomic E-state index is 12.5. The summed E-state index contributed by atoms with van der Waals surface area (Å²) in [7, 11) is 0.855. The van der Waals surface area contributed by atoms with Gasteiger partial charge >= 0.3 is 18.5 Å². The first-order valence-corrected chi connectivity index (χ1v) is 5.65. The van der Waals surface area contributed by atoms with E-state index in [0.717, 1.165) is 7.11 Å². The van der Waals surface area contributed by atoms with E-state index in [4.69, 9.17) is 0 Å². The van der Waals surface area contributed by atoms with E-state index in [2.05, 4.69) is 14.5 Å². The average molecular weight is 415 g/mol. The first-order valence-electron chi connectivity index (χ1n) is 4.57. The zero-order valence-electron chi connectivity index (χ0n) is 9.40. The van der Waals surface area contributed by atoms with Crippen LogP contribution in [0.4, 0.5) is 26.3 Å². The molecule has 1 heterocycles. The molecule has 0 atom stereocenters. The second-order valence-electron chi connectivity index (χ2n) is 3.21. The Bertz CT molecular complexity index is 528. The topological polar surface area (TPSA) is 48.4 Å². The minimum atomic E-state index is -5.27. The van der Waals surface area contributed by atoms with Gasteiger partial charge in [0.1, 0.15) is 20.7 Å². The average Bonchev–Trinajstić information content (AvgIpc) is 2.24. The summed E-state index contributed by atoms with van der Waals surface area (Å²) in [5.41, 5.74) is -2.45. The summed E-state index contributed by atoms with van der Waals surface area (Å²) in [4.78, 5) is 14.3. The number of methoxy groups -OCH3 is 1. The molecule has 0 spiro atoms. The second-order valence-corrected chi connectivity index (χ2v) is 4.23. The lowest BCUT2D eigenvalue weighted by Gasteiger charge is -2.15. The summed E-state index contributed by atoms with van der Waals surface area (Å²) in [5.74, 6) is -2.62. The maximum Gasteiger partial charge on any atom is 0.573 e. The third kappa shape index (κ3) is 4.11. The number of alkyl halides is 6. The Hall–Kier alpha value is -1.27. The number of carbonyl (C=O) groups excluding carboxylic acids is 1. The molecule has 4 nitrogen and oxygen atoms in total. The van der Waals surface area contributed by atoms with Crippen molar-refractivity contribution >= 4 is 28.6 Å². The van der Waals surface area contributed by atoms with Crippen LogP contribution in [0.1, 0.15) is 16.1 Å². The van der Waals surface area contributed by atoms with E-state index in [9.17, 15) is 31.1 Å². The fraction of sp³-hybridized carbons (Fsp3) is 0.333. The number of pyridine rings is 1. The van der Waals surface area contributed by atoms with Crippen molar-refractivity contribution in [2.45, 2.75) is 12.5 Å². The lowest BCUT2D eigenvalue weighted by Crippen LogP contribution is -2.22. The van der Waals surface area contributed by atoms with Gasteiger partial charge in [0.2, 0.25) is 0 Å². The van der Waals surface area contributed by atoms with Crippen molar-refractivity contribution in [1.29, 1.82) is 0 Å². The Morgan fingerprint density at radius 2 is 1.80 bits per heavy atom. The number of esters is 1. The monoisotopic (exact) mass is 415 g/mol. The van der Waals surface area contributed by atoms with Gasteiger partial charge in [0.25, 0.3) is 0 Å². The largest absolute Gasteiger partial charge is 0.573 e. The van der Waals surface area contributed by atoms with Gasteiger partial charge in [-0.1, -0.05) is 0 Å². The molecule has 0 aliphatic carbocycles. The predicted octanol–water partition coefficient (Wildman–Crippen LogP) is 3.39. The van der Waals surface area contributed by atoms with Crippen LogP contribution in [0.25, 0.3) is 0 Å². The van der Waals surface area contributed by atoms with Crippen LogP contribution >= 0.6 is 22.6 Å². The molecule has 0 bridgehead atoms. The van der Waals surface area contributed by atoms with E-state index in [0.29, 0.717) is 0 Å². The second kappa shape index (κ2) is 5.61. The number of carbonyl (C=O) groups is 1. The van der Waals surface area contributed by atoms with E-state index in [1.165, 1.54) is 22.6 Å². The lowest BCUT2D eigenvalue weighted by molar-refractivity contribution is -0.275. The molecule has 0 unspecified atom stereocenters. The molecule has 0 aliphatic rings. The minimum Gasteiger partial charge on any atom is -0.465 e. The van der Waals surface area contributed by atoms with Gasteiger partial charge in [0, 0.05) is 6.07 Å². The van der Waals surface area contributed by atoms with E-state index < -0.39 is 39.2 Å². The standard InChI is InChI=1S/C9H4F6INO3/c1-19-7(18)5-3(20-9(13,14)15)2-4(8(10,11)12)17-6(5)16/h2H,1H3. The van der Waals surface area contributed by atoms with Crippen LogP contribution in [0.3, 0.4) is 0 Å². The summed E-state index contributed by atoms with van der Waals surface area (Å²) in [6, 6.07) is -0.0120. The van der Waals surface area contributed by atoms with Crippen molar-refractivity contribution < 1.29 is 40.6 Å². The van der Waals surface area contributed by atoms with Crippen LogP contribution < -0.4 is 4.74 Å². The Morgan fingerprint density at radius 1 is 1.25 bits per heavy atom. The number of halogens is 7. The third-order valence-electron chi connectivity index (χ3n) is 1.84. The summed E-state index contributed by atoms with van der Waals surface area (Å²) < 4.78 is 80.9. The highest BCUT2D eigenvalue weighted by atomic mass is 127. The highest BCUT2D eigenvalue weighted by Gasteiger charge is 2.39. The van der Waals surface area contributed by atoms with Gasteiger partial charge in [-0.2, -0.15) is 13.2 Å². The smallest absolute Gasteiger partial charge is 0.465 e. The molecule has 0 fully saturated rings. The van der Waals surface area contributed by atoms with Crippen LogP contribution in [0, 0.1) is 3.70 Å². The van der Waals surface area contributed by atoms with Gasteiger partial charge in [-0.25, -0.2) is 9.78 Å². The van der Waals surface area contributed by atoms with Crippen LogP contribution in [0.15, 0.2) is 6.07 Å². The molecule has 0 radical (unpaired) electrons. The third-order valence-corrected chi connectivity index (χ3v) is 2.63. The van der Waals surface area contributed by atoms with Gasteiger partial charge in [-0.15, -0.1) is 13.2 Å². The molecule has 0 amide bonds. The Balaban J connectivity index is 3.48. The fourth-order valence-corrected chi connectivity index (χ4v) is 1.88. The number of rotatable bonds is 2. The zero-order valence-corrected chi connectivity index (χ0v) is 11.6. The van der Waals surface area contributed by atoms with Gasteiger partial charge in [-0.3, -0.25) is 0 Å². The minimum absolute atomic E-state index is 0.0120. The van der Waals surface area contributed by atoms with E-state index in [1.54, 1.807) is 0 Å². The molecule has 20 heavy (non-hydrogen) atoms. The van der Waals surface area contributed by atoms with E-state index >= 15 is 0 Å². The van der Waals surface area contributed by atoms with Crippen LogP contribution in [0.5, 0.6) is 5.75 Å². The maximum atomic E-state index is 12.5. The first kappa shape index (κ1) is 16.8. The number of nitrogens with zero attached hydrogens (tertiary/aromatic N) is 1. The highest BCUT2D eigenvalue weighted by Crippen LogP contribution is 2.35. The molecule has 0 aromatic carbocycles. The molecule has 1 rings (SSSR count). The molecule has 1 aromatic heterocycles. The summed E-state index contributed by atoms with van der Waals surface area (Å²) >= 11 is 1.18. The summed E-state index contributed by atoms with van der Waals surface area (Å²) in [6.07, 6.45) is -10.3. The van der Waals surface area contributed by atoms with Crippen LogP contribution in [0.2, 0.25) is 0 Å². The van der Waals surface area contributed by atoms with Gasteiger partial charge in [-0.05, 0) is 22.6 Å². The van der Waals surface area contributed by atoms with Gasteiger partial charge in [0.05, 0.1) is 7.11 Å². The molecule has 1 aromatic rings. The molecule has 112 valence electrons. The van der Waals surface area contributed by atoms with E-state index in [-0.39, 0.29) is 6.07 Å². The Morgan fingerprint density at radius 3 is 2.20 bits per heavy atom. The fourth-order valence-electron chi connectivity index (χ4n) is 1.13. The number of hydrogen-bond donors (Lipinski definition) is 0. The van der Waals surface area contributed by atoms with Crippen molar-refractivity contribution in [1.82, 2.24) is 4.98 Å². The number of ether oxygens (including phenoxy) is 2. The summed E-state index contributed by atoms with van der Waals surface area (Å²) in [6.45, 7) is 0. The molecule has 0 N–H and O–H groups in total. The molecular formula is C9H4F6INO3. The van der Waals surface area contributed by atoms with Crippen molar-refractivity contribution in [3.63, 3.8) is 0 Å². The first-order chi connectivity index (χ1) is 8.95. The number of aromatic nitrogens is 1. The Kier molecular flexibility index (Phi) is 4.71. The van der Waals surface area contributed by atoms with Crippen molar-refractivity contribution in [3.05, 3.63) is 21.0 Å². The molecule has 0 saturated carbocycles. The summed E-state index contributed by atoms with van der Waals surface area (Å²) in [5, 5.41) is 0. The van der Waals surface area contributed by atoms with Crippen LogP contribution in [-0.4, -0.2) is 24.4 Å². The normalized spacial score (nSPS) is 12.2. The quantitative estimate of drug-likeness (QED) is 0.322. The van der Waals surface area contributed by atoms with Gasteiger partial charge < -0.3 is 9.47 Å². The van der Waals surface area contributed by atoms with Crippen molar-refractivity contribution in [3.8, 4) is 5.75 Å². The van der Waals surface area contributed by atoms with Crippen LogP contribution in [-0.2, 0) is 10.9 Å². The molecule has 11 heteroatoms. The SMILES string of the molecule is COC(=O)c1c(OC(F)(F)F)cc(C(F)(F)F)nc1I. The molecule has 0 aliphatic heterocycles. The molecule has 0 saturated heterocycles. The lowest BCUT2D eigenvalue weighted by atomic mass is 10.2. The molecular weight excluding hydrogens is 411 g/mol. The van der Waals surface area contributed by atoms with Crippen molar-refractivity contribution in [2.24, 2.45) is 0 Å². The highest BCUT2D eigenvalue weighted by molar-refractivity contribution is 14.1.